The summed E-state index contributed by atoms with van der Waals surface area (Å²) in [6.45, 7) is 4.83. The van der Waals surface area contributed by atoms with Crippen LogP contribution in [0.3, 0.4) is 0 Å². The number of thiophene rings is 1. The van der Waals surface area contributed by atoms with Gasteiger partial charge in [-0.1, -0.05) is 34.9 Å². The van der Waals surface area contributed by atoms with Crippen LogP contribution in [0, 0.1) is 32.1 Å². The number of sulfonamides is 1. The lowest BCUT2D eigenvalue weighted by atomic mass is 9.99. The number of thiazole rings is 1. The molecule has 0 spiro atoms. The Morgan fingerprint density at radius 3 is 2.78 bits per heavy atom. The lowest BCUT2D eigenvalue weighted by molar-refractivity contribution is -0.122. The van der Waals surface area contributed by atoms with Crippen molar-refractivity contribution in [1.82, 2.24) is 8.87 Å². The predicted molar refractivity (Wildman–Crippen MR) is 130 cm³/mol. The summed E-state index contributed by atoms with van der Waals surface area (Å²) in [5.41, 5.74) is 3.17. The van der Waals surface area contributed by atoms with Crippen LogP contribution in [0.1, 0.15) is 24.0 Å². The van der Waals surface area contributed by atoms with E-state index < -0.39 is 15.9 Å². The number of carbonyl (C=O) groups excluding carboxylic acids is 1. The molecule has 1 aliphatic rings. The minimum Gasteiger partial charge on any atom is -0.305 e. The van der Waals surface area contributed by atoms with Gasteiger partial charge in [0.05, 0.1) is 27.0 Å². The SMILES string of the molecule is C#CCn1c(=NC(=O)C2CCCN(S(=O)(=O)c3ccc(Cl)s3)C2)sc2c(C)cc(C)cc21. The first kappa shape index (κ1) is 23.2. The van der Waals surface area contributed by atoms with Crippen molar-refractivity contribution >= 4 is 60.4 Å². The smallest absolute Gasteiger partial charge is 0.252 e. The van der Waals surface area contributed by atoms with Crippen LogP contribution in [0.25, 0.3) is 10.2 Å². The van der Waals surface area contributed by atoms with Crippen LogP contribution >= 0.6 is 34.3 Å². The number of piperidine rings is 1. The molecular weight excluding hydrogens is 486 g/mol. The highest BCUT2D eigenvalue weighted by molar-refractivity contribution is 7.91. The van der Waals surface area contributed by atoms with E-state index >= 15 is 0 Å². The Bertz CT molecular complexity index is 1410. The highest BCUT2D eigenvalue weighted by Crippen LogP contribution is 2.31. The third-order valence-corrected chi connectivity index (χ3v) is 10.2. The summed E-state index contributed by atoms with van der Waals surface area (Å²) < 4.78 is 30.8. The third kappa shape index (κ3) is 4.43. The van der Waals surface area contributed by atoms with E-state index in [0.29, 0.717) is 35.1 Å². The Hall–Kier alpha value is -1.96. The molecule has 1 aliphatic heterocycles. The van der Waals surface area contributed by atoms with E-state index in [9.17, 15) is 13.2 Å². The Morgan fingerprint density at radius 1 is 1.31 bits per heavy atom. The second kappa shape index (κ2) is 9.12. The first-order valence-electron chi connectivity index (χ1n) is 10.1. The fraction of sp³-hybridized carbons (Fsp3) is 0.364. The van der Waals surface area contributed by atoms with Crippen molar-refractivity contribution in [3.05, 3.63) is 44.5 Å². The Balaban J connectivity index is 1.66. The molecule has 0 aliphatic carbocycles. The molecule has 1 amide bonds. The van der Waals surface area contributed by atoms with Crippen LogP contribution in [0.15, 0.2) is 33.5 Å². The van der Waals surface area contributed by atoms with Gasteiger partial charge in [-0.3, -0.25) is 4.79 Å². The van der Waals surface area contributed by atoms with E-state index in [4.69, 9.17) is 18.0 Å². The molecule has 0 saturated carbocycles. The van der Waals surface area contributed by atoms with Gasteiger partial charge in [-0.15, -0.1) is 17.8 Å². The molecule has 168 valence electrons. The van der Waals surface area contributed by atoms with Crippen LogP contribution in [-0.2, 0) is 21.4 Å². The number of hydrogen-bond acceptors (Lipinski definition) is 5. The molecule has 4 rings (SSSR count). The molecule has 3 heterocycles. The van der Waals surface area contributed by atoms with E-state index in [1.165, 1.54) is 21.7 Å². The number of carbonyl (C=O) groups is 1. The standard InChI is InChI=1S/C22H22ClN3O3S3/c1-4-9-26-17-12-14(2)11-15(3)20(17)31-22(26)24-21(27)16-6-5-10-25(13-16)32(28,29)19-8-7-18(23)30-19/h1,7-8,11-12,16H,5-6,9-10,13H2,2-3H3. The summed E-state index contributed by atoms with van der Waals surface area (Å²) >= 11 is 8.37. The summed E-state index contributed by atoms with van der Waals surface area (Å²) in [7, 11) is -3.68. The van der Waals surface area contributed by atoms with Gasteiger partial charge in [0.1, 0.15) is 4.21 Å². The first-order chi connectivity index (χ1) is 15.2. The molecule has 0 bridgehead atoms. The number of nitrogens with zero attached hydrogens (tertiary/aromatic N) is 3. The summed E-state index contributed by atoms with van der Waals surface area (Å²) in [5.74, 6) is 1.83. The fourth-order valence-corrected chi connectivity index (χ4v) is 8.20. The first-order valence-corrected chi connectivity index (χ1v) is 13.5. The molecular formula is C22H22ClN3O3S3. The largest absolute Gasteiger partial charge is 0.305 e. The Kier molecular flexibility index (Phi) is 6.61. The van der Waals surface area contributed by atoms with Crippen LogP contribution in [-0.4, -0.2) is 36.3 Å². The Labute approximate surface area is 200 Å². The van der Waals surface area contributed by atoms with Crippen LogP contribution in [0.5, 0.6) is 0 Å². The molecule has 10 heteroatoms. The van der Waals surface area contributed by atoms with Gasteiger partial charge in [0.15, 0.2) is 4.80 Å². The number of amides is 1. The predicted octanol–water partition coefficient (Wildman–Crippen LogP) is 4.20. The maximum absolute atomic E-state index is 13.1. The van der Waals surface area contributed by atoms with Gasteiger partial charge >= 0.3 is 0 Å². The summed E-state index contributed by atoms with van der Waals surface area (Å²) in [4.78, 5) is 18.1. The zero-order valence-corrected chi connectivity index (χ0v) is 20.9. The van der Waals surface area contributed by atoms with Crippen molar-refractivity contribution in [2.45, 2.75) is 37.4 Å². The second-order valence-corrected chi connectivity index (χ2v) is 12.7. The molecule has 2 aromatic heterocycles. The van der Waals surface area contributed by atoms with Gasteiger partial charge in [0, 0.05) is 13.1 Å². The van der Waals surface area contributed by atoms with Crippen molar-refractivity contribution in [3.63, 3.8) is 0 Å². The lowest BCUT2D eigenvalue weighted by Gasteiger charge is -2.29. The third-order valence-electron chi connectivity index (χ3n) is 5.45. The normalized spacial score (nSPS) is 18.2. The minimum atomic E-state index is -3.68. The minimum absolute atomic E-state index is 0.109. The van der Waals surface area contributed by atoms with E-state index in [0.717, 1.165) is 32.7 Å². The van der Waals surface area contributed by atoms with Crippen molar-refractivity contribution in [2.24, 2.45) is 10.9 Å². The number of aryl methyl sites for hydroxylation is 2. The van der Waals surface area contributed by atoms with Gasteiger partial charge in [-0.2, -0.15) is 9.30 Å². The molecule has 0 N–H and O–H groups in total. The van der Waals surface area contributed by atoms with E-state index in [1.807, 2.05) is 24.5 Å². The number of benzene rings is 1. The van der Waals surface area contributed by atoms with E-state index in [-0.39, 0.29) is 16.7 Å². The fourth-order valence-electron chi connectivity index (χ4n) is 3.95. The summed E-state index contributed by atoms with van der Waals surface area (Å²) in [6.07, 6.45) is 6.77. The average Bonchev–Trinajstić information content (AvgIpc) is 3.33. The average molecular weight is 508 g/mol. The van der Waals surface area contributed by atoms with Crippen LogP contribution in [0.4, 0.5) is 0 Å². The van der Waals surface area contributed by atoms with Gasteiger partial charge in [-0.25, -0.2) is 8.42 Å². The van der Waals surface area contributed by atoms with Gasteiger partial charge in [-0.05, 0) is 56.0 Å². The second-order valence-electron chi connectivity index (χ2n) is 7.82. The number of aromatic nitrogens is 1. The van der Waals surface area contributed by atoms with Crippen molar-refractivity contribution in [1.29, 1.82) is 0 Å². The summed E-state index contributed by atoms with van der Waals surface area (Å²) in [5, 5.41) is 0. The maximum Gasteiger partial charge on any atom is 0.252 e. The van der Waals surface area contributed by atoms with Crippen LogP contribution in [0.2, 0.25) is 4.34 Å². The number of rotatable bonds is 4. The topological polar surface area (TPSA) is 71.7 Å². The van der Waals surface area contributed by atoms with Gasteiger partial charge < -0.3 is 4.57 Å². The van der Waals surface area contributed by atoms with Crippen molar-refractivity contribution < 1.29 is 13.2 Å². The monoisotopic (exact) mass is 507 g/mol. The lowest BCUT2D eigenvalue weighted by Crippen LogP contribution is -2.42. The number of fused-ring (bicyclic) bond motifs is 1. The number of halogens is 1. The summed E-state index contributed by atoms with van der Waals surface area (Å²) in [6, 6.07) is 7.20. The number of terminal acetylenes is 1. The molecule has 1 saturated heterocycles. The molecule has 32 heavy (non-hydrogen) atoms. The molecule has 3 aromatic rings. The van der Waals surface area contributed by atoms with Crippen LogP contribution < -0.4 is 4.80 Å². The molecule has 1 fully saturated rings. The highest BCUT2D eigenvalue weighted by atomic mass is 35.5. The maximum atomic E-state index is 13.1. The highest BCUT2D eigenvalue weighted by Gasteiger charge is 2.34. The molecule has 1 unspecified atom stereocenters. The molecule has 1 aromatic carbocycles. The van der Waals surface area contributed by atoms with E-state index in [1.54, 1.807) is 6.07 Å². The van der Waals surface area contributed by atoms with E-state index in [2.05, 4.69) is 17.0 Å². The molecule has 1 atom stereocenters. The zero-order chi connectivity index (χ0) is 23.0. The quantitative estimate of drug-likeness (QED) is 0.497. The Morgan fingerprint density at radius 2 is 2.09 bits per heavy atom. The molecule has 6 nitrogen and oxygen atoms in total. The van der Waals surface area contributed by atoms with Gasteiger partial charge in [0.2, 0.25) is 0 Å². The van der Waals surface area contributed by atoms with Gasteiger partial charge in [0.25, 0.3) is 15.9 Å². The van der Waals surface area contributed by atoms with Crippen molar-refractivity contribution in [3.8, 4) is 12.3 Å². The number of hydrogen-bond donors (Lipinski definition) is 0. The molecule has 0 radical (unpaired) electrons. The van der Waals surface area contributed by atoms with Crippen molar-refractivity contribution in [2.75, 3.05) is 13.1 Å². The zero-order valence-electron chi connectivity index (χ0n) is 17.7.